The fraction of sp³-hybridized carbons (Fsp3) is 0.0968. The number of hydrogen-bond donors (Lipinski definition) is 2. The van der Waals surface area contributed by atoms with Crippen molar-refractivity contribution in [3.05, 3.63) is 111 Å². The molecule has 10 nitrogen and oxygen atoms in total. The number of nitrogens with one attached hydrogen (secondary N) is 1. The minimum absolute atomic E-state index is 0.00304. The molecule has 1 aromatic heterocycles. The van der Waals surface area contributed by atoms with Gasteiger partial charge in [-0.3, -0.25) is 14.5 Å². The Morgan fingerprint density at radius 1 is 1.14 bits per heavy atom. The molecule has 0 aliphatic carbocycles. The maximum atomic E-state index is 13.6. The first-order valence-electron chi connectivity index (χ1n) is 13.0. The van der Waals surface area contributed by atoms with Crippen molar-refractivity contribution in [2.75, 3.05) is 19.0 Å². The first-order valence-corrected chi connectivity index (χ1v) is 14.6. The Hall–Kier alpha value is -4.88. The predicted octanol–water partition coefficient (Wildman–Crippen LogP) is 6.42. The standard InChI is InChI=1S/C31H24BrFN4O6S/c1-41-27-13-19(4-10-25(27)38)16-34-36-31-37(17-24-3-2-12-42-24)30(40)28(44-31)15-20-14-21(32)5-11-26(20)43-18-29(39)35-23-8-6-22(33)7-9-23/h2-16,38H,17-18H2,1H3,(H,35,39)/b28-15-,34-16+,36-31-. The van der Waals surface area contributed by atoms with E-state index < -0.39 is 11.7 Å². The van der Waals surface area contributed by atoms with E-state index in [4.69, 9.17) is 13.9 Å². The molecule has 1 saturated heterocycles. The zero-order chi connectivity index (χ0) is 31.1. The van der Waals surface area contributed by atoms with Gasteiger partial charge in [0, 0.05) is 15.7 Å². The number of ether oxygens (including phenoxy) is 2. The Kier molecular flexibility index (Phi) is 9.77. The number of hydrogen-bond acceptors (Lipinski definition) is 9. The van der Waals surface area contributed by atoms with Crippen LogP contribution in [-0.2, 0) is 16.1 Å². The van der Waals surface area contributed by atoms with Crippen molar-refractivity contribution in [2.24, 2.45) is 10.2 Å². The lowest BCUT2D eigenvalue weighted by molar-refractivity contribution is -0.122. The van der Waals surface area contributed by atoms with E-state index in [-0.39, 0.29) is 30.6 Å². The number of benzene rings is 3. The molecule has 2 N–H and O–H groups in total. The van der Waals surface area contributed by atoms with Crippen LogP contribution >= 0.6 is 27.7 Å². The minimum atomic E-state index is -0.437. The number of aromatic hydroxyl groups is 1. The van der Waals surface area contributed by atoms with Gasteiger partial charge in [0.15, 0.2) is 23.3 Å². The van der Waals surface area contributed by atoms with E-state index in [0.717, 1.165) is 16.2 Å². The quantitative estimate of drug-likeness (QED) is 0.113. The highest BCUT2D eigenvalue weighted by molar-refractivity contribution is 9.10. The molecule has 1 aliphatic heterocycles. The predicted molar refractivity (Wildman–Crippen MR) is 169 cm³/mol. The van der Waals surface area contributed by atoms with Crippen molar-refractivity contribution in [1.82, 2.24) is 4.90 Å². The summed E-state index contributed by atoms with van der Waals surface area (Å²) in [5.74, 6) is 0.0314. The first-order chi connectivity index (χ1) is 21.3. The number of nitrogens with zero attached hydrogens (tertiary/aromatic N) is 3. The van der Waals surface area contributed by atoms with Gasteiger partial charge in [-0.1, -0.05) is 15.9 Å². The minimum Gasteiger partial charge on any atom is -0.504 e. The maximum Gasteiger partial charge on any atom is 0.267 e. The molecule has 0 atom stereocenters. The van der Waals surface area contributed by atoms with Gasteiger partial charge in [-0.25, -0.2) is 4.39 Å². The van der Waals surface area contributed by atoms with Gasteiger partial charge in [-0.15, -0.1) is 5.10 Å². The lowest BCUT2D eigenvalue weighted by Crippen LogP contribution is -2.28. The number of halogens is 2. The van der Waals surface area contributed by atoms with Crippen LogP contribution in [0.25, 0.3) is 6.08 Å². The van der Waals surface area contributed by atoms with Crippen molar-refractivity contribution in [1.29, 1.82) is 0 Å². The van der Waals surface area contributed by atoms with Crippen LogP contribution in [0.1, 0.15) is 16.9 Å². The molecule has 44 heavy (non-hydrogen) atoms. The molecule has 4 aromatic rings. The summed E-state index contributed by atoms with van der Waals surface area (Å²) in [6.07, 6.45) is 4.64. The Balaban J connectivity index is 1.37. The number of carbonyl (C=O) groups excluding carboxylic acids is 2. The number of phenolic OH excluding ortho intramolecular Hbond substituents is 1. The van der Waals surface area contributed by atoms with Gasteiger partial charge in [-0.2, -0.15) is 5.10 Å². The third-order valence-electron chi connectivity index (χ3n) is 6.08. The lowest BCUT2D eigenvalue weighted by atomic mass is 10.2. The number of amides is 2. The van der Waals surface area contributed by atoms with Gasteiger partial charge in [-0.05, 0) is 96.2 Å². The van der Waals surface area contributed by atoms with Crippen LogP contribution in [-0.4, -0.2) is 46.9 Å². The Bertz CT molecular complexity index is 1760. The molecule has 0 spiro atoms. The zero-order valence-corrected chi connectivity index (χ0v) is 25.5. The van der Waals surface area contributed by atoms with Crippen molar-refractivity contribution >= 4 is 62.7 Å². The largest absolute Gasteiger partial charge is 0.504 e. The molecule has 3 aromatic carbocycles. The van der Waals surface area contributed by atoms with Crippen LogP contribution in [0.3, 0.4) is 0 Å². The molecule has 0 bridgehead atoms. The summed E-state index contributed by atoms with van der Waals surface area (Å²) in [5.41, 5.74) is 1.61. The fourth-order valence-electron chi connectivity index (χ4n) is 3.98. The summed E-state index contributed by atoms with van der Waals surface area (Å²) in [6.45, 7) is -0.187. The van der Waals surface area contributed by atoms with E-state index in [1.807, 2.05) is 0 Å². The SMILES string of the molecule is COc1cc(/C=N/N=C2\S/C(=C\c3cc(Br)ccc3OCC(=O)Nc3ccc(F)cc3)C(=O)N2Cc2ccco2)ccc1O. The molecule has 5 rings (SSSR count). The van der Waals surface area contributed by atoms with Crippen molar-refractivity contribution in [2.45, 2.75) is 6.54 Å². The average Bonchev–Trinajstić information content (AvgIpc) is 3.63. The zero-order valence-electron chi connectivity index (χ0n) is 23.1. The highest BCUT2D eigenvalue weighted by Crippen LogP contribution is 2.36. The normalized spacial score (nSPS) is 15.0. The van der Waals surface area contributed by atoms with Crippen LogP contribution in [0.15, 0.2) is 103 Å². The fourth-order valence-corrected chi connectivity index (χ4v) is 5.28. The molecule has 2 heterocycles. The number of anilines is 1. The summed E-state index contributed by atoms with van der Waals surface area (Å²) in [4.78, 5) is 27.8. The van der Waals surface area contributed by atoms with E-state index in [9.17, 15) is 19.1 Å². The molecule has 2 amide bonds. The van der Waals surface area contributed by atoms with E-state index in [1.54, 1.807) is 48.5 Å². The van der Waals surface area contributed by atoms with Crippen molar-refractivity contribution in [3.8, 4) is 17.2 Å². The second kappa shape index (κ2) is 14.1. The summed E-state index contributed by atoms with van der Waals surface area (Å²) >= 11 is 4.57. The van der Waals surface area contributed by atoms with E-state index in [1.165, 1.54) is 54.8 Å². The van der Waals surface area contributed by atoms with Crippen molar-refractivity contribution in [3.63, 3.8) is 0 Å². The van der Waals surface area contributed by atoms with Crippen LogP contribution in [0.4, 0.5) is 10.1 Å². The van der Waals surface area contributed by atoms with Gasteiger partial charge in [0.05, 0.1) is 31.0 Å². The first kappa shape index (κ1) is 30.6. The molecular formula is C31H24BrFN4O6S. The van der Waals surface area contributed by atoms with Crippen molar-refractivity contribution < 1.29 is 33.0 Å². The van der Waals surface area contributed by atoms with E-state index >= 15 is 0 Å². The highest BCUT2D eigenvalue weighted by Gasteiger charge is 2.34. The Morgan fingerprint density at radius 2 is 1.95 bits per heavy atom. The molecule has 1 aliphatic rings. The van der Waals surface area contributed by atoms with Crippen LogP contribution < -0.4 is 14.8 Å². The van der Waals surface area contributed by atoms with Gasteiger partial charge >= 0.3 is 0 Å². The topological polar surface area (TPSA) is 126 Å². The number of phenols is 1. The second-order valence-corrected chi connectivity index (χ2v) is 11.1. The molecule has 0 radical (unpaired) electrons. The molecule has 13 heteroatoms. The molecule has 0 saturated carbocycles. The number of thioether (sulfide) groups is 1. The number of amidine groups is 1. The van der Waals surface area contributed by atoms with Gasteiger partial charge in [0.2, 0.25) is 0 Å². The summed E-state index contributed by atoms with van der Waals surface area (Å²) in [6, 6.07) is 18.8. The van der Waals surface area contributed by atoms with Gasteiger partial charge in [0.1, 0.15) is 17.3 Å². The van der Waals surface area contributed by atoms with Crippen LogP contribution in [0.2, 0.25) is 0 Å². The van der Waals surface area contributed by atoms with Gasteiger partial charge < -0.3 is 24.3 Å². The summed E-state index contributed by atoms with van der Waals surface area (Å²) in [7, 11) is 1.45. The number of methoxy groups -OCH3 is 1. The highest BCUT2D eigenvalue weighted by atomic mass is 79.9. The Morgan fingerprint density at radius 3 is 2.70 bits per heavy atom. The smallest absolute Gasteiger partial charge is 0.267 e. The average molecular weight is 680 g/mol. The molecule has 0 unspecified atom stereocenters. The lowest BCUT2D eigenvalue weighted by Gasteiger charge is -2.13. The summed E-state index contributed by atoms with van der Waals surface area (Å²) < 4.78 is 30.3. The van der Waals surface area contributed by atoms with Crippen LogP contribution in [0.5, 0.6) is 17.2 Å². The second-order valence-electron chi connectivity index (χ2n) is 9.17. The Labute approximate surface area is 264 Å². The summed E-state index contributed by atoms with van der Waals surface area (Å²) in [5, 5.41) is 21.3. The number of rotatable bonds is 10. The van der Waals surface area contributed by atoms with E-state index in [2.05, 4.69) is 31.4 Å². The number of carbonyl (C=O) groups is 2. The number of furan rings is 1. The van der Waals surface area contributed by atoms with Gasteiger partial charge in [0.25, 0.3) is 11.8 Å². The third kappa shape index (κ3) is 7.74. The monoisotopic (exact) mass is 678 g/mol. The molecule has 1 fully saturated rings. The van der Waals surface area contributed by atoms with E-state index in [0.29, 0.717) is 38.4 Å². The third-order valence-corrected chi connectivity index (χ3v) is 7.57. The van der Waals surface area contributed by atoms with Crippen LogP contribution in [0, 0.1) is 5.82 Å². The molecular weight excluding hydrogens is 655 g/mol. The molecule has 224 valence electrons. The maximum absolute atomic E-state index is 13.6.